The van der Waals surface area contributed by atoms with Crippen LogP contribution in [0.5, 0.6) is 5.75 Å². The number of fused-ring (bicyclic) bond motifs is 3. The zero-order valence-corrected chi connectivity index (χ0v) is 10.8. The van der Waals surface area contributed by atoms with Crippen LogP contribution < -0.4 is 20.9 Å². The maximum atomic E-state index is 12.4. The molecule has 1 atom stereocenters. The second-order valence-electron chi connectivity index (χ2n) is 4.86. The zero-order valence-electron chi connectivity index (χ0n) is 10.8. The van der Waals surface area contributed by atoms with Gasteiger partial charge in [-0.25, -0.2) is 0 Å². The predicted molar refractivity (Wildman–Crippen MR) is 74.4 cm³/mol. The fraction of sp³-hybridized carbons (Fsp3) is 0.0667. The Morgan fingerprint density at radius 3 is 2.62 bits per heavy atom. The summed E-state index contributed by atoms with van der Waals surface area (Å²) in [6.07, 6.45) is 0. The van der Waals surface area contributed by atoms with Crippen molar-refractivity contribution in [2.24, 2.45) is 0 Å². The third kappa shape index (κ3) is 1.56. The smallest absolute Gasteiger partial charge is 0.291 e. The Hall–Kier alpha value is -2.86. The molecule has 4 rings (SSSR count). The topological polar surface area (TPSA) is 79.5 Å². The molecular weight excluding hydrogens is 270 g/mol. The minimum Gasteiger partial charge on any atom is -0.456 e. The molecule has 2 aliphatic rings. The lowest BCUT2D eigenvalue weighted by atomic mass is 10.0. The van der Waals surface area contributed by atoms with E-state index in [1.165, 1.54) is 0 Å². The third-order valence-electron chi connectivity index (χ3n) is 3.62. The first kappa shape index (κ1) is 11.9. The van der Waals surface area contributed by atoms with E-state index in [1.807, 2.05) is 12.1 Å². The van der Waals surface area contributed by atoms with Gasteiger partial charge in [-0.2, -0.15) is 5.43 Å². The lowest BCUT2D eigenvalue weighted by Crippen LogP contribution is -2.57. The molecule has 2 aromatic rings. The fourth-order valence-electron chi connectivity index (χ4n) is 2.60. The molecule has 0 fully saturated rings. The number of hydrogen-bond donors (Lipinski definition) is 3. The van der Waals surface area contributed by atoms with E-state index in [0.29, 0.717) is 22.6 Å². The minimum atomic E-state index is -1.46. The monoisotopic (exact) mass is 281 g/mol. The number of anilines is 1. The van der Waals surface area contributed by atoms with Crippen molar-refractivity contribution in [3.05, 3.63) is 59.7 Å². The Morgan fingerprint density at radius 2 is 1.71 bits per heavy atom. The number of benzene rings is 2. The highest BCUT2D eigenvalue weighted by molar-refractivity contribution is 6.06. The Balaban J connectivity index is 1.91. The number of hydrogen-bond acceptors (Lipinski definition) is 4. The molecule has 6 nitrogen and oxygen atoms in total. The minimum absolute atomic E-state index is 0.348. The van der Waals surface area contributed by atoms with Crippen LogP contribution in [0.2, 0.25) is 0 Å². The van der Waals surface area contributed by atoms with Crippen molar-refractivity contribution in [2.45, 2.75) is 5.72 Å². The molecule has 2 heterocycles. The van der Waals surface area contributed by atoms with Crippen LogP contribution in [0.4, 0.5) is 5.69 Å². The van der Waals surface area contributed by atoms with Gasteiger partial charge in [-0.1, -0.05) is 30.3 Å². The number of carbonyl (C=O) groups is 2. The van der Waals surface area contributed by atoms with Gasteiger partial charge < -0.3 is 10.1 Å². The van der Waals surface area contributed by atoms with Crippen LogP contribution in [0.15, 0.2) is 48.5 Å². The van der Waals surface area contributed by atoms with Gasteiger partial charge in [0, 0.05) is 5.56 Å². The summed E-state index contributed by atoms with van der Waals surface area (Å²) in [7, 11) is 0. The molecule has 2 aromatic carbocycles. The largest absolute Gasteiger partial charge is 0.456 e. The number of hydrazine groups is 1. The van der Waals surface area contributed by atoms with Crippen LogP contribution in [0.1, 0.15) is 15.9 Å². The maximum Gasteiger partial charge on any atom is 0.291 e. The van der Waals surface area contributed by atoms with Gasteiger partial charge in [-0.05, 0) is 18.2 Å². The predicted octanol–water partition coefficient (Wildman–Crippen LogP) is 1.12. The first-order valence-electron chi connectivity index (χ1n) is 6.47. The molecule has 3 N–H and O–H groups in total. The van der Waals surface area contributed by atoms with Gasteiger partial charge in [-0.15, -0.1) is 0 Å². The summed E-state index contributed by atoms with van der Waals surface area (Å²) in [6, 6.07) is 14.0. The average Bonchev–Trinajstić information content (AvgIpc) is 2.68. The van der Waals surface area contributed by atoms with E-state index in [0.717, 1.165) is 0 Å². The number of carbonyl (C=O) groups excluding carboxylic acids is 2. The molecule has 0 unspecified atom stereocenters. The van der Waals surface area contributed by atoms with Crippen molar-refractivity contribution in [1.29, 1.82) is 0 Å². The Morgan fingerprint density at radius 1 is 0.952 bits per heavy atom. The number of amides is 2. The van der Waals surface area contributed by atoms with Gasteiger partial charge in [-0.3, -0.25) is 15.0 Å². The molecule has 0 bridgehead atoms. The Labute approximate surface area is 120 Å². The molecule has 0 saturated heterocycles. The molecular formula is C15H11N3O3. The van der Waals surface area contributed by atoms with Crippen LogP contribution in [0.25, 0.3) is 0 Å². The third-order valence-corrected chi connectivity index (χ3v) is 3.62. The SMILES string of the molecule is O=C1NN[C@]2(Oc3ccccc31)C(=O)Nc1ccccc12. The second kappa shape index (κ2) is 4.07. The molecule has 104 valence electrons. The first-order chi connectivity index (χ1) is 10.2. The fourth-order valence-corrected chi connectivity index (χ4v) is 2.60. The van der Waals surface area contributed by atoms with E-state index >= 15 is 0 Å². The average molecular weight is 281 g/mol. The highest BCUT2D eigenvalue weighted by Crippen LogP contribution is 2.39. The van der Waals surface area contributed by atoms with E-state index in [1.54, 1.807) is 36.4 Å². The molecule has 21 heavy (non-hydrogen) atoms. The molecule has 1 spiro atoms. The van der Waals surface area contributed by atoms with Gasteiger partial charge in [0.05, 0.1) is 11.3 Å². The van der Waals surface area contributed by atoms with Crippen molar-refractivity contribution in [3.63, 3.8) is 0 Å². The van der Waals surface area contributed by atoms with Gasteiger partial charge in [0.1, 0.15) is 5.75 Å². The molecule has 0 radical (unpaired) electrons. The van der Waals surface area contributed by atoms with Crippen molar-refractivity contribution >= 4 is 17.5 Å². The van der Waals surface area contributed by atoms with Crippen molar-refractivity contribution in [2.75, 3.05) is 5.32 Å². The lowest BCUT2D eigenvalue weighted by molar-refractivity contribution is -0.134. The quantitative estimate of drug-likeness (QED) is 0.676. The molecule has 0 aliphatic carbocycles. The summed E-state index contributed by atoms with van der Waals surface area (Å²) < 4.78 is 5.91. The maximum absolute atomic E-state index is 12.4. The van der Waals surface area contributed by atoms with Crippen LogP contribution in [-0.2, 0) is 10.5 Å². The summed E-state index contributed by atoms with van der Waals surface area (Å²) in [4.78, 5) is 24.5. The molecule has 2 amide bonds. The number of rotatable bonds is 0. The summed E-state index contributed by atoms with van der Waals surface area (Å²) in [5.41, 5.74) is 5.46. The summed E-state index contributed by atoms with van der Waals surface area (Å²) in [6.45, 7) is 0. The van der Waals surface area contributed by atoms with Crippen LogP contribution in [0.3, 0.4) is 0 Å². The van der Waals surface area contributed by atoms with Gasteiger partial charge in [0.15, 0.2) is 0 Å². The number of ether oxygens (including phenoxy) is 1. The molecule has 0 saturated carbocycles. The van der Waals surface area contributed by atoms with Gasteiger partial charge in [0.2, 0.25) is 0 Å². The molecule has 6 heteroatoms. The summed E-state index contributed by atoms with van der Waals surface area (Å²) in [5, 5.41) is 2.75. The Kier molecular flexibility index (Phi) is 2.31. The van der Waals surface area contributed by atoms with E-state index in [4.69, 9.17) is 4.74 Å². The van der Waals surface area contributed by atoms with Crippen molar-refractivity contribution in [3.8, 4) is 5.75 Å². The van der Waals surface area contributed by atoms with E-state index in [2.05, 4.69) is 16.2 Å². The lowest BCUT2D eigenvalue weighted by Gasteiger charge is -2.27. The first-order valence-corrected chi connectivity index (χ1v) is 6.47. The van der Waals surface area contributed by atoms with E-state index in [9.17, 15) is 9.59 Å². The normalized spacial score (nSPS) is 22.7. The summed E-state index contributed by atoms with van der Waals surface area (Å²) >= 11 is 0. The van der Waals surface area contributed by atoms with Crippen LogP contribution in [-0.4, -0.2) is 11.8 Å². The number of nitrogens with one attached hydrogen (secondary N) is 3. The van der Waals surface area contributed by atoms with Crippen molar-refractivity contribution in [1.82, 2.24) is 10.9 Å². The highest BCUT2D eigenvalue weighted by Gasteiger charge is 2.51. The standard InChI is InChI=1S/C15H11N3O3/c19-13-9-5-1-4-8-12(9)21-15(18-17-13)10-6-2-3-7-11(10)16-14(15)20/h1-8,18H,(H,16,20)(H,17,19)/t15-/m1/s1. The van der Waals surface area contributed by atoms with Crippen LogP contribution in [0, 0.1) is 0 Å². The van der Waals surface area contributed by atoms with E-state index in [-0.39, 0.29) is 11.8 Å². The van der Waals surface area contributed by atoms with E-state index < -0.39 is 5.72 Å². The molecule has 0 aromatic heterocycles. The second-order valence-corrected chi connectivity index (χ2v) is 4.86. The molecule has 2 aliphatic heterocycles. The van der Waals surface area contributed by atoms with Crippen molar-refractivity contribution < 1.29 is 14.3 Å². The Bertz CT molecular complexity index is 774. The zero-order chi connectivity index (χ0) is 14.4. The number of para-hydroxylation sites is 2. The van der Waals surface area contributed by atoms with Crippen LogP contribution >= 0.6 is 0 Å². The van der Waals surface area contributed by atoms with Gasteiger partial charge in [0.25, 0.3) is 17.5 Å². The van der Waals surface area contributed by atoms with Gasteiger partial charge >= 0.3 is 0 Å². The summed E-state index contributed by atoms with van der Waals surface area (Å²) in [5.74, 6) is -0.368. The highest BCUT2D eigenvalue weighted by atomic mass is 16.5.